The molecule has 6 nitrogen and oxygen atoms in total. The molecule has 2 aromatic heterocycles. The minimum absolute atomic E-state index is 0.0287. The average molecular weight is 395 g/mol. The molecule has 1 aliphatic heterocycles. The molecule has 0 spiro atoms. The van der Waals surface area contributed by atoms with Gasteiger partial charge in [0.05, 0.1) is 37.4 Å². The molecule has 1 aromatic carbocycles. The Labute approximate surface area is 157 Å². The highest BCUT2D eigenvalue weighted by atomic mass is 35.5. The summed E-state index contributed by atoms with van der Waals surface area (Å²) in [7, 11) is 0. The summed E-state index contributed by atoms with van der Waals surface area (Å²) in [6, 6.07) is 4.51. The van der Waals surface area contributed by atoms with Gasteiger partial charge in [0.15, 0.2) is 5.52 Å². The second-order valence-electron chi connectivity index (χ2n) is 6.66. The smallest absolute Gasteiger partial charge is 0.295 e. The predicted octanol–water partition coefficient (Wildman–Crippen LogP) is 2.90. The van der Waals surface area contributed by atoms with Crippen molar-refractivity contribution < 1.29 is 9.13 Å². The van der Waals surface area contributed by atoms with Crippen LogP contribution in [-0.4, -0.2) is 32.8 Å². The molecule has 0 bridgehead atoms. The van der Waals surface area contributed by atoms with E-state index in [1.807, 2.05) is 0 Å². The topological polar surface area (TPSA) is 61.9 Å². The van der Waals surface area contributed by atoms with Crippen molar-refractivity contribution in [3.63, 3.8) is 0 Å². The van der Waals surface area contributed by atoms with E-state index in [4.69, 9.17) is 27.9 Å². The van der Waals surface area contributed by atoms with Gasteiger partial charge in [-0.3, -0.25) is 4.79 Å². The highest BCUT2D eigenvalue weighted by Crippen LogP contribution is 2.53. The fraction of sp³-hybridized carbons (Fsp3) is 0.353. The second kappa shape index (κ2) is 5.77. The SMILES string of the molecule is O=c1c2nn(Cc3c(F)cccc3Cl)c(Cl)c2cnn1[C@H]1[C@@H]2COC[C@@H]21. The summed E-state index contributed by atoms with van der Waals surface area (Å²) in [6.45, 7) is 1.34. The zero-order valence-corrected chi connectivity index (χ0v) is 14.9. The lowest BCUT2D eigenvalue weighted by Crippen LogP contribution is -2.24. The summed E-state index contributed by atoms with van der Waals surface area (Å²) in [5, 5.41) is 9.54. The fourth-order valence-electron chi connectivity index (χ4n) is 3.73. The Morgan fingerprint density at radius 2 is 2.04 bits per heavy atom. The van der Waals surface area contributed by atoms with Crippen LogP contribution in [0.3, 0.4) is 0 Å². The van der Waals surface area contributed by atoms with Crippen molar-refractivity contribution in [3.8, 4) is 0 Å². The van der Waals surface area contributed by atoms with Crippen molar-refractivity contribution in [2.75, 3.05) is 13.2 Å². The van der Waals surface area contributed by atoms with Gasteiger partial charge in [0, 0.05) is 22.4 Å². The van der Waals surface area contributed by atoms with Gasteiger partial charge in [-0.05, 0) is 12.1 Å². The molecule has 0 N–H and O–H groups in total. The van der Waals surface area contributed by atoms with Crippen LogP contribution in [0.2, 0.25) is 10.2 Å². The molecule has 0 unspecified atom stereocenters. The van der Waals surface area contributed by atoms with E-state index in [-0.39, 0.29) is 39.4 Å². The molecular weight excluding hydrogens is 382 g/mol. The number of hydrogen-bond acceptors (Lipinski definition) is 4. The van der Waals surface area contributed by atoms with Crippen LogP contribution in [0.5, 0.6) is 0 Å². The van der Waals surface area contributed by atoms with Crippen molar-refractivity contribution >= 4 is 34.1 Å². The standard InChI is InChI=1S/C17H13Cl2FN4O2/c18-12-2-1-3-13(20)9(12)5-23-16(19)8-4-21-24(17(25)14(8)22-23)15-10-6-26-7-11(10)15/h1-4,10-11,15H,5-7H2/t10-,11+,15+. The third kappa shape index (κ3) is 2.31. The summed E-state index contributed by atoms with van der Waals surface area (Å²) in [5.74, 6) is 0.231. The van der Waals surface area contributed by atoms with E-state index in [2.05, 4.69) is 10.2 Å². The third-order valence-electron chi connectivity index (χ3n) is 5.21. The second-order valence-corrected chi connectivity index (χ2v) is 7.43. The average Bonchev–Trinajstić information content (AvgIpc) is 2.95. The summed E-state index contributed by atoms with van der Waals surface area (Å²) in [5.41, 5.74) is 0.205. The van der Waals surface area contributed by atoms with Crippen molar-refractivity contribution in [2.45, 2.75) is 12.6 Å². The van der Waals surface area contributed by atoms with Crippen LogP contribution < -0.4 is 5.56 Å². The molecular formula is C17H13Cl2FN4O2. The Bertz CT molecular complexity index is 1070. The summed E-state index contributed by atoms with van der Waals surface area (Å²) < 4.78 is 22.3. The summed E-state index contributed by atoms with van der Waals surface area (Å²) in [6.07, 6.45) is 1.54. The Balaban J connectivity index is 1.57. The molecule has 3 heterocycles. The Morgan fingerprint density at radius 3 is 2.77 bits per heavy atom. The molecule has 3 aromatic rings. The Hall–Kier alpha value is -1.96. The zero-order chi connectivity index (χ0) is 18.0. The maximum atomic E-state index is 14.1. The van der Waals surface area contributed by atoms with Gasteiger partial charge in [-0.2, -0.15) is 10.2 Å². The molecule has 1 aliphatic carbocycles. The highest BCUT2D eigenvalue weighted by molar-refractivity contribution is 6.34. The molecule has 134 valence electrons. The zero-order valence-electron chi connectivity index (χ0n) is 13.4. The maximum absolute atomic E-state index is 14.1. The first-order chi connectivity index (χ1) is 12.6. The van der Waals surface area contributed by atoms with Crippen molar-refractivity contribution in [2.24, 2.45) is 11.8 Å². The van der Waals surface area contributed by atoms with Gasteiger partial charge < -0.3 is 4.74 Å². The number of hydrogen-bond donors (Lipinski definition) is 0. The van der Waals surface area contributed by atoms with Gasteiger partial charge in [0.25, 0.3) is 5.56 Å². The lowest BCUT2D eigenvalue weighted by Gasteiger charge is -2.06. The lowest BCUT2D eigenvalue weighted by molar-refractivity contribution is 0.149. The first-order valence-corrected chi connectivity index (χ1v) is 8.96. The fourth-order valence-corrected chi connectivity index (χ4v) is 4.19. The van der Waals surface area contributed by atoms with E-state index in [9.17, 15) is 9.18 Å². The molecule has 1 saturated carbocycles. The van der Waals surface area contributed by atoms with Crippen molar-refractivity contribution in [3.05, 3.63) is 56.3 Å². The highest BCUT2D eigenvalue weighted by Gasteiger charge is 2.56. The normalized spacial score (nSPS) is 24.2. The first-order valence-electron chi connectivity index (χ1n) is 8.20. The molecule has 2 aliphatic rings. The van der Waals surface area contributed by atoms with Crippen LogP contribution in [0.4, 0.5) is 4.39 Å². The largest absolute Gasteiger partial charge is 0.381 e. The number of fused-ring (bicyclic) bond motifs is 2. The summed E-state index contributed by atoms with van der Waals surface area (Å²) >= 11 is 12.4. The van der Waals surface area contributed by atoms with Gasteiger partial charge in [-0.25, -0.2) is 13.8 Å². The number of halogens is 3. The van der Waals surface area contributed by atoms with Crippen molar-refractivity contribution in [1.82, 2.24) is 19.6 Å². The van der Waals surface area contributed by atoms with Crippen LogP contribution in [0, 0.1) is 17.7 Å². The molecule has 1 saturated heterocycles. The van der Waals surface area contributed by atoms with Gasteiger partial charge in [-0.15, -0.1) is 0 Å². The molecule has 2 fully saturated rings. The van der Waals surface area contributed by atoms with E-state index in [1.54, 1.807) is 12.3 Å². The van der Waals surface area contributed by atoms with E-state index >= 15 is 0 Å². The van der Waals surface area contributed by atoms with Crippen LogP contribution in [-0.2, 0) is 11.3 Å². The van der Waals surface area contributed by atoms with Gasteiger partial charge in [0.2, 0.25) is 0 Å². The molecule has 0 amide bonds. The predicted molar refractivity (Wildman–Crippen MR) is 94.1 cm³/mol. The molecule has 0 radical (unpaired) electrons. The van der Waals surface area contributed by atoms with E-state index in [0.717, 1.165) is 0 Å². The number of nitrogens with zero attached hydrogens (tertiary/aromatic N) is 4. The van der Waals surface area contributed by atoms with Gasteiger partial charge >= 0.3 is 0 Å². The van der Waals surface area contributed by atoms with Crippen molar-refractivity contribution in [1.29, 1.82) is 0 Å². The number of benzene rings is 1. The van der Waals surface area contributed by atoms with Crippen LogP contribution in [0.1, 0.15) is 11.6 Å². The van der Waals surface area contributed by atoms with E-state index in [1.165, 1.54) is 21.5 Å². The maximum Gasteiger partial charge on any atom is 0.295 e. The third-order valence-corrected chi connectivity index (χ3v) is 5.96. The van der Waals surface area contributed by atoms with Crippen LogP contribution >= 0.6 is 23.2 Å². The van der Waals surface area contributed by atoms with E-state index in [0.29, 0.717) is 30.4 Å². The quantitative estimate of drug-likeness (QED) is 0.684. The Morgan fingerprint density at radius 1 is 1.27 bits per heavy atom. The minimum Gasteiger partial charge on any atom is -0.381 e. The Kier molecular flexibility index (Phi) is 3.60. The summed E-state index contributed by atoms with van der Waals surface area (Å²) in [4.78, 5) is 12.8. The van der Waals surface area contributed by atoms with Gasteiger partial charge in [-0.1, -0.05) is 29.3 Å². The number of aromatic nitrogens is 4. The van der Waals surface area contributed by atoms with Crippen LogP contribution in [0.15, 0.2) is 29.2 Å². The lowest BCUT2D eigenvalue weighted by atomic mass is 10.2. The molecule has 5 rings (SSSR count). The molecule has 26 heavy (non-hydrogen) atoms. The van der Waals surface area contributed by atoms with Crippen LogP contribution in [0.25, 0.3) is 10.9 Å². The molecule has 9 heteroatoms. The van der Waals surface area contributed by atoms with E-state index < -0.39 is 5.82 Å². The number of rotatable bonds is 3. The molecule has 3 atom stereocenters. The van der Waals surface area contributed by atoms with Gasteiger partial charge in [0.1, 0.15) is 11.0 Å². The monoisotopic (exact) mass is 394 g/mol. The first kappa shape index (κ1) is 16.2. The minimum atomic E-state index is -0.450. The number of ether oxygens (including phenoxy) is 1.